The number of nitrogens with zero attached hydrogens (tertiary/aromatic N) is 2. The summed E-state index contributed by atoms with van der Waals surface area (Å²) in [5.74, 6) is 0.694. The van der Waals surface area contributed by atoms with Crippen LogP contribution in [0.25, 0.3) is 11.1 Å². The number of aromatic nitrogens is 1. The SMILES string of the molecule is COc1ccc(S(=O)(=O)N2C[C@H]3C[C@H](C2)c2ccc(-c4ccc(Cl)cc4)c(=O)n2C3)cc1. The first kappa shape index (κ1) is 21.2. The van der Waals surface area contributed by atoms with E-state index in [1.54, 1.807) is 47.8 Å². The topological polar surface area (TPSA) is 68.6 Å². The van der Waals surface area contributed by atoms with Crippen molar-refractivity contribution in [3.63, 3.8) is 0 Å². The molecule has 2 aliphatic heterocycles. The van der Waals surface area contributed by atoms with Crippen LogP contribution in [-0.2, 0) is 16.6 Å². The van der Waals surface area contributed by atoms with Crippen molar-refractivity contribution in [1.82, 2.24) is 8.87 Å². The van der Waals surface area contributed by atoms with Gasteiger partial charge in [0.15, 0.2) is 0 Å². The summed E-state index contributed by atoms with van der Waals surface area (Å²) in [5.41, 5.74) is 2.33. The van der Waals surface area contributed by atoms with Crippen molar-refractivity contribution in [2.45, 2.75) is 23.8 Å². The zero-order chi connectivity index (χ0) is 22.5. The van der Waals surface area contributed by atoms with Crippen LogP contribution < -0.4 is 10.3 Å². The van der Waals surface area contributed by atoms with Gasteiger partial charge in [0.1, 0.15) is 5.75 Å². The number of rotatable bonds is 4. The first-order chi connectivity index (χ1) is 15.4. The summed E-state index contributed by atoms with van der Waals surface area (Å²) >= 11 is 5.99. The summed E-state index contributed by atoms with van der Waals surface area (Å²) in [4.78, 5) is 13.5. The Morgan fingerprint density at radius 3 is 2.34 bits per heavy atom. The molecule has 2 atom stereocenters. The van der Waals surface area contributed by atoms with Crippen molar-refractivity contribution >= 4 is 21.6 Å². The lowest BCUT2D eigenvalue weighted by atomic mass is 9.84. The van der Waals surface area contributed by atoms with E-state index in [0.717, 1.165) is 17.7 Å². The maximum absolute atomic E-state index is 13.3. The van der Waals surface area contributed by atoms with Crippen LogP contribution in [0.5, 0.6) is 5.75 Å². The van der Waals surface area contributed by atoms with Gasteiger partial charge in [-0.3, -0.25) is 4.79 Å². The smallest absolute Gasteiger partial charge is 0.258 e. The summed E-state index contributed by atoms with van der Waals surface area (Å²) in [7, 11) is -2.07. The van der Waals surface area contributed by atoms with Crippen molar-refractivity contribution in [1.29, 1.82) is 0 Å². The molecule has 32 heavy (non-hydrogen) atoms. The Hall–Kier alpha value is -2.61. The van der Waals surface area contributed by atoms with Gasteiger partial charge in [-0.2, -0.15) is 4.31 Å². The van der Waals surface area contributed by atoms with Gasteiger partial charge in [-0.25, -0.2) is 8.42 Å². The number of methoxy groups -OCH3 is 1. The normalized spacial score (nSPS) is 20.6. The van der Waals surface area contributed by atoms with Gasteiger partial charge in [0.2, 0.25) is 10.0 Å². The van der Waals surface area contributed by atoms with Gasteiger partial charge in [-0.05, 0) is 66.4 Å². The van der Waals surface area contributed by atoms with E-state index in [1.165, 1.54) is 0 Å². The van der Waals surface area contributed by atoms with E-state index in [4.69, 9.17) is 16.3 Å². The Morgan fingerprint density at radius 2 is 1.66 bits per heavy atom. The van der Waals surface area contributed by atoms with Crippen molar-refractivity contribution < 1.29 is 13.2 Å². The molecule has 0 saturated carbocycles. The van der Waals surface area contributed by atoms with E-state index in [0.29, 0.717) is 36.0 Å². The van der Waals surface area contributed by atoms with Gasteiger partial charge in [0.05, 0.1) is 12.0 Å². The standard InChI is InChI=1S/C24H23ClN2O4S/c1-31-20-6-8-21(9-7-20)32(29,30)26-13-16-12-18(15-26)23-11-10-22(24(28)27(23)14-16)17-2-4-19(25)5-3-17/h2-11,16,18H,12-15H2,1H3/t16-,18-/m1/s1. The van der Waals surface area contributed by atoms with Crippen LogP contribution in [0, 0.1) is 5.92 Å². The van der Waals surface area contributed by atoms with E-state index in [1.807, 2.05) is 28.8 Å². The van der Waals surface area contributed by atoms with Crippen LogP contribution >= 0.6 is 11.6 Å². The molecule has 0 aliphatic carbocycles. The zero-order valence-corrected chi connectivity index (χ0v) is 19.1. The molecular formula is C24H23ClN2O4S. The second-order valence-corrected chi connectivity index (χ2v) is 10.8. The third-order valence-electron chi connectivity index (χ3n) is 6.42. The Kier molecular flexibility index (Phi) is 5.35. The molecule has 8 heteroatoms. The number of hydrogen-bond donors (Lipinski definition) is 0. The predicted molar refractivity (Wildman–Crippen MR) is 124 cm³/mol. The molecule has 6 nitrogen and oxygen atoms in total. The summed E-state index contributed by atoms with van der Waals surface area (Å²) < 4.78 is 35.1. The second-order valence-electron chi connectivity index (χ2n) is 8.39. The molecule has 0 amide bonds. The molecule has 2 aliphatic rings. The Bertz CT molecular complexity index is 1320. The predicted octanol–water partition coefficient (Wildman–Crippen LogP) is 3.99. The highest BCUT2D eigenvalue weighted by molar-refractivity contribution is 7.89. The molecule has 5 rings (SSSR count). The third kappa shape index (κ3) is 3.64. The first-order valence-electron chi connectivity index (χ1n) is 10.5. The van der Waals surface area contributed by atoms with Gasteiger partial charge < -0.3 is 9.30 Å². The van der Waals surface area contributed by atoms with Gasteiger partial charge in [-0.1, -0.05) is 23.7 Å². The molecule has 0 radical (unpaired) electrons. The van der Waals surface area contributed by atoms with Gasteiger partial charge in [0.25, 0.3) is 5.56 Å². The fourth-order valence-corrected chi connectivity index (χ4v) is 6.53. The molecule has 2 bridgehead atoms. The summed E-state index contributed by atoms with van der Waals surface area (Å²) in [6, 6.07) is 17.5. The monoisotopic (exact) mass is 470 g/mol. The largest absolute Gasteiger partial charge is 0.497 e. The quantitative estimate of drug-likeness (QED) is 0.578. The van der Waals surface area contributed by atoms with E-state index in [-0.39, 0.29) is 22.3 Å². The van der Waals surface area contributed by atoms with Crippen LogP contribution in [0.4, 0.5) is 0 Å². The lowest BCUT2D eigenvalue weighted by molar-refractivity contribution is 0.186. The van der Waals surface area contributed by atoms with Crippen LogP contribution in [0.15, 0.2) is 70.4 Å². The number of halogens is 1. The van der Waals surface area contributed by atoms with Crippen LogP contribution in [-0.4, -0.2) is 37.5 Å². The molecule has 1 fully saturated rings. The number of sulfonamides is 1. The molecule has 166 valence electrons. The van der Waals surface area contributed by atoms with E-state index in [2.05, 4.69) is 0 Å². The van der Waals surface area contributed by atoms with Crippen molar-refractivity contribution in [3.05, 3.63) is 81.7 Å². The highest BCUT2D eigenvalue weighted by Crippen LogP contribution is 2.38. The van der Waals surface area contributed by atoms with E-state index in [9.17, 15) is 13.2 Å². The number of benzene rings is 2. The van der Waals surface area contributed by atoms with Crippen LogP contribution in [0.1, 0.15) is 18.0 Å². The van der Waals surface area contributed by atoms with Gasteiger partial charge in [0, 0.05) is 41.8 Å². The second kappa shape index (κ2) is 8.06. The molecule has 3 heterocycles. The number of hydrogen-bond acceptors (Lipinski definition) is 4. The highest BCUT2D eigenvalue weighted by atomic mass is 35.5. The lowest BCUT2D eigenvalue weighted by Gasteiger charge is -2.42. The average molecular weight is 471 g/mol. The molecule has 1 saturated heterocycles. The minimum Gasteiger partial charge on any atom is -0.497 e. The third-order valence-corrected chi connectivity index (χ3v) is 8.52. The fraction of sp³-hybridized carbons (Fsp3) is 0.292. The minimum atomic E-state index is -3.62. The molecule has 0 spiro atoms. The number of pyridine rings is 1. The molecule has 0 N–H and O–H groups in total. The van der Waals surface area contributed by atoms with E-state index < -0.39 is 10.0 Å². The molecule has 0 unspecified atom stereocenters. The molecular weight excluding hydrogens is 448 g/mol. The molecule has 2 aromatic carbocycles. The summed E-state index contributed by atoms with van der Waals surface area (Å²) in [5, 5.41) is 0.625. The fourth-order valence-electron chi connectivity index (χ4n) is 4.84. The number of ether oxygens (including phenoxy) is 1. The van der Waals surface area contributed by atoms with E-state index >= 15 is 0 Å². The highest BCUT2D eigenvalue weighted by Gasteiger charge is 2.39. The molecule has 3 aromatic rings. The lowest BCUT2D eigenvalue weighted by Crippen LogP contribution is -2.49. The maximum atomic E-state index is 13.3. The zero-order valence-electron chi connectivity index (χ0n) is 17.6. The van der Waals surface area contributed by atoms with Gasteiger partial charge >= 0.3 is 0 Å². The summed E-state index contributed by atoms with van der Waals surface area (Å²) in [6.45, 7) is 1.28. The van der Waals surface area contributed by atoms with Crippen LogP contribution in [0.2, 0.25) is 5.02 Å². The van der Waals surface area contributed by atoms with Crippen molar-refractivity contribution in [2.75, 3.05) is 20.2 Å². The average Bonchev–Trinajstić information content (AvgIpc) is 2.80. The molecule has 1 aromatic heterocycles. The van der Waals surface area contributed by atoms with Crippen LogP contribution in [0.3, 0.4) is 0 Å². The minimum absolute atomic E-state index is 0.0116. The Labute approximate surface area is 192 Å². The maximum Gasteiger partial charge on any atom is 0.258 e. The number of piperidine rings is 1. The summed E-state index contributed by atoms with van der Waals surface area (Å²) in [6.07, 6.45) is 0.883. The first-order valence-corrected chi connectivity index (χ1v) is 12.3. The Morgan fingerprint density at radius 1 is 0.938 bits per heavy atom. The number of fused-ring (bicyclic) bond motifs is 4. The van der Waals surface area contributed by atoms with Crippen molar-refractivity contribution in [3.8, 4) is 16.9 Å². The Balaban J connectivity index is 1.46. The van der Waals surface area contributed by atoms with Crippen molar-refractivity contribution in [2.24, 2.45) is 5.92 Å². The van der Waals surface area contributed by atoms with Gasteiger partial charge in [-0.15, -0.1) is 0 Å².